The van der Waals surface area contributed by atoms with E-state index < -0.39 is 0 Å². The van der Waals surface area contributed by atoms with Crippen LogP contribution in [0.3, 0.4) is 0 Å². The summed E-state index contributed by atoms with van der Waals surface area (Å²) < 4.78 is 0. The second-order valence-electron chi connectivity index (χ2n) is 0. The van der Waals surface area contributed by atoms with Gasteiger partial charge in [-0.1, -0.05) is 0 Å². The molecule has 0 aliphatic heterocycles. The zero-order valence-electron chi connectivity index (χ0n) is 10.1. The Morgan fingerprint density at radius 2 is 0.714 bits per heavy atom. The van der Waals surface area contributed by atoms with Gasteiger partial charge >= 0.3 is 117 Å². The molecule has 0 aromatic carbocycles. The molecule has 0 bridgehead atoms. The first kappa shape index (κ1) is 74.3. The van der Waals surface area contributed by atoms with Gasteiger partial charge in [0.2, 0.25) is 0 Å². The standard InChI is InChI=1S/Ba.Mg.4H2O.Sr.6H/h;;4*1H2;;;;;;;/q2*+2;;;;;+2;6*-1. The summed E-state index contributed by atoms with van der Waals surface area (Å²) >= 11 is 0. The molecular formula is H14BaMgO4Sr. The Morgan fingerprint density at radius 1 is 0.714 bits per heavy atom. The van der Waals surface area contributed by atoms with Gasteiger partial charge in [-0.3, -0.25) is 0 Å². The van der Waals surface area contributed by atoms with Gasteiger partial charge in [-0.2, -0.15) is 0 Å². The smallest absolute Gasteiger partial charge is 1.00 e. The number of hydrogen-bond donors (Lipinski definition) is 0. The van der Waals surface area contributed by atoms with Gasteiger partial charge in [0.05, 0.1) is 0 Å². The van der Waals surface area contributed by atoms with Crippen LogP contribution in [0.4, 0.5) is 0 Å². The molecular weight excluding hydrogens is 313 g/mol. The van der Waals surface area contributed by atoms with Gasteiger partial charge in [0.1, 0.15) is 0 Å². The Morgan fingerprint density at radius 3 is 0.714 bits per heavy atom. The van der Waals surface area contributed by atoms with E-state index in [0.717, 1.165) is 0 Å². The van der Waals surface area contributed by atoms with Gasteiger partial charge in [0, 0.05) is 0 Å². The van der Waals surface area contributed by atoms with E-state index in [2.05, 4.69) is 0 Å². The molecule has 44 valence electrons. The third kappa shape index (κ3) is 42.3. The second kappa shape index (κ2) is 54.1. The summed E-state index contributed by atoms with van der Waals surface area (Å²) in [4.78, 5) is 0. The number of hydrogen-bond acceptors (Lipinski definition) is 0. The van der Waals surface area contributed by atoms with Crippen LogP contribution in [0, 0.1) is 0 Å². The molecule has 0 rings (SSSR count). The van der Waals surface area contributed by atoms with E-state index in [4.69, 9.17) is 0 Å². The first-order chi connectivity index (χ1) is 0. The SMILES string of the molecule is O.O.O.O.[Ba+2].[H-].[H-].[H-].[H-].[H-].[H-].[Mg+2].[Sr+2]. The van der Waals surface area contributed by atoms with Crippen LogP contribution < -0.4 is 0 Å². The van der Waals surface area contributed by atoms with Gasteiger partial charge in [0.15, 0.2) is 0 Å². The van der Waals surface area contributed by atoms with Crippen LogP contribution in [-0.2, 0) is 0 Å². The van der Waals surface area contributed by atoms with Crippen molar-refractivity contribution in [2.45, 2.75) is 0 Å². The molecule has 0 aliphatic rings. The Kier molecular flexibility index (Phi) is 574. The fourth-order valence-corrected chi connectivity index (χ4v) is 0. The Hall–Kier alpha value is 3.66. The Labute approximate surface area is 144 Å². The van der Waals surface area contributed by atoms with Gasteiger partial charge in [-0.05, 0) is 0 Å². The molecule has 0 unspecified atom stereocenters. The summed E-state index contributed by atoms with van der Waals surface area (Å²) in [7, 11) is 0. The van der Waals surface area contributed by atoms with E-state index in [1.807, 2.05) is 0 Å². The molecule has 8 N–H and O–H groups in total. The summed E-state index contributed by atoms with van der Waals surface area (Å²) in [6.07, 6.45) is 0. The van der Waals surface area contributed by atoms with E-state index >= 15 is 0 Å². The maximum absolute atomic E-state index is 0. The fourth-order valence-electron chi connectivity index (χ4n) is 0. The Bertz CT molecular complexity index is 24.6. The largest absolute Gasteiger partial charge is 2.00 e. The van der Waals surface area contributed by atoms with E-state index in [1.54, 1.807) is 0 Å². The maximum atomic E-state index is 0. The van der Waals surface area contributed by atoms with E-state index in [9.17, 15) is 0 Å². The van der Waals surface area contributed by atoms with Crippen LogP contribution >= 0.6 is 0 Å². The van der Waals surface area contributed by atoms with Crippen molar-refractivity contribution in [3.8, 4) is 0 Å². The van der Waals surface area contributed by atoms with Crippen molar-refractivity contribution in [1.29, 1.82) is 0 Å². The van der Waals surface area contributed by atoms with E-state index in [-0.39, 0.29) is 148 Å². The molecule has 0 atom stereocenters. The summed E-state index contributed by atoms with van der Waals surface area (Å²) in [5, 5.41) is 0. The molecule has 0 aromatic rings. The van der Waals surface area contributed by atoms with Gasteiger partial charge in [0.25, 0.3) is 0 Å². The van der Waals surface area contributed by atoms with Crippen LogP contribution in [0.15, 0.2) is 0 Å². The topological polar surface area (TPSA) is 126 Å². The summed E-state index contributed by atoms with van der Waals surface area (Å²) in [6, 6.07) is 0. The minimum Gasteiger partial charge on any atom is -1.00 e. The normalized spacial score (nSPS) is 0. The molecule has 0 aliphatic carbocycles. The molecule has 0 saturated carbocycles. The van der Waals surface area contributed by atoms with E-state index in [1.165, 1.54) is 0 Å². The van der Waals surface area contributed by atoms with Gasteiger partial charge < -0.3 is 30.5 Å². The quantitative estimate of drug-likeness (QED) is 0.405. The van der Waals surface area contributed by atoms with Crippen molar-refractivity contribution >= 4 is 117 Å². The molecule has 0 radical (unpaired) electrons. The van der Waals surface area contributed by atoms with Crippen LogP contribution in [-0.4, -0.2) is 139 Å². The molecule has 0 aromatic heterocycles. The molecule has 4 nitrogen and oxygen atoms in total. The number of rotatable bonds is 0. The van der Waals surface area contributed by atoms with Crippen molar-refractivity contribution < 1.29 is 30.5 Å². The van der Waals surface area contributed by atoms with Crippen molar-refractivity contribution in [2.75, 3.05) is 0 Å². The second-order valence-corrected chi connectivity index (χ2v) is 0. The minimum atomic E-state index is 0. The summed E-state index contributed by atoms with van der Waals surface area (Å²) in [5.41, 5.74) is 0. The molecule has 0 saturated heterocycles. The van der Waals surface area contributed by atoms with Crippen LogP contribution in [0.2, 0.25) is 0 Å². The fraction of sp³-hybridized carbons (Fsp3) is 0. The third-order valence-corrected chi connectivity index (χ3v) is 0. The van der Waals surface area contributed by atoms with Crippen LogP contribution in [0.5, 0.6) is 0 Å². The summed E-state index contributed by atoms with van der Waals surface area (Å²) in [5.74, 6) is 0. The molecule has 7 heavy (non-hydrogen) atoms. The van der Waals surface area contributed by atoms with E-state index in [0.29, 0.717) is 0 Å². The minimum absolute atomic E-state index is 0. The van der Waals surface area contributed by atoms with Crippen molar-refractivity contribution in [2.24, 2.45) is 0 Å². The first-order valence-corrected chi connectivity index (χ1v) is 0. The maximum Gasteiger partial charge on any atom is 2.00 e. The predicted octanol–water partition coefficient (Wildman–Crippen LogP) is -3.77. The summed E-state index contributed by atoms with van der Waals surface area (Å²) in [6.45, 7) is 0. The third-order valence-electron chi connectivity index (χ3n) is 0. The first-order valence-electron chi connectivity index (χ1n) is 0. The molecule has 0 amide bonds. The molecule has 0 fully saturated rings. The van der Waals surface area contributed by atoms with Crippen LogP contribution in [0.1, 0.15) is 8.56 Å². The van der Waals surface area contributed by atoms with Gasteiger partial charge in [-0.15, -0.1) is 0 Å². The molecule has 0 spiro atoms. The van der Waals surface area contributed by atoms with Crippen LogP contribution in [0.25, 0.3) is 0 Å². The zero-order chi connectivity index (χ0) is 0. The predicted molar refractivity (Wildman–Crippen MR) is 38.4 cm³/mol. The van der Waals surface area contributed by atoms with Crippen molar-refractivity contribution in [3.05, 3.63) is 0 Å². The molecule has 0 heterocycles. The van der Waals surface area contributed by atoms with Crippen molar-refractivity contribution in [1.82, 2.24) is 0 Å². The van der Waals surface area contributed by atoms with Crippen molar-refractivity contribution in [3.63, 3.8) is 0 Å². The van der Waals surface area contributed by atoms with Gasteiger partial charge in [-0.25, -0.2) is 0 Å². The molecule has 7 heteroatoms. The Balaban J connectivity index is 0. The monoisotopic (exact) mass is 328 g/mol. The average molecular weight is 327 g/mol. The zero-order valence-corrected chi connectivity index (χ0v) is 13.5. The average Bonchev–Trinajstić information content (AvgIpc) is 0.